The second-order valence-electron chi connectivity index (χ2n) is 5.85. The molecule has 26 heavy (non-hydrogen) atoms. The quantitative estimate of drug-likeness (QED) is 0.628. The first-order valence-electron chi connectivity index (χ1n) is 8.96. The third-order valence-electron chi connectivity index (χ3n) is 3.85. The van der Waals surface area contributed by atoms with E-state index in [0.717, 1.165) is 24.2 Å². The van der Waals surface area contributed by atoms with Gasteiger partial charge in [0.05, 0.1) is 20.3 Å². The number of hydrogen-bond donors (Lipinski definition) is 1. The number of ether oxygens (including phenoxy) is 3. The average Bonchev–Trinajstić information content (AvgIpc) is 2.66. The number of amides is 1. The zero-order valence-corrected chi connectivity index (χ0v) is 15.7. The molecule has 0 fully saturated rings. The molecule has 0 radical (unpaired) electrons. The molecule has 0 aliphatic carbocycles. The summed E-state index contributed by atoms with van der Waals surface area (Å²) >= 11 is 0. The highest BCUT2D eigenvalue weighted by molar-refractivity contribution is 6.04. The number of carbonyl (C=O) groups is 1. The number of benzene rings is 2. The van der Waals surface area contributed by atoms with E-state index in [4.69, 9.17) is 14.2 Å². The van der Waals surface area contributed by atoms with Crippen molar-refractivity contribution in [2.75, 3.05) is 25.6 Å². The summed E-state index contributed by atoms with van der Waals surface area (Å²) in [5, 5.41) is 2.89. The zero-order valence-electron chi connectivity index (χ0n) is 15.7. The van der Waals surface area contributed by atoms with Crippen molar-refractivity contribution in [2.24, 2.45) is 0 Å². The maximum Gasteiger partial charge on any atom is 0.255 e. The average molecular weight is 357 g/mol. The minimum Gasteiger partial charge on any atom is -0.497 e. The first-order valence-corrected chi connectivity index (χ1v) is 8.96. The molecule has 0 unspecified atom stereocenters. The Kier molecular flexibility index (Phi) is 7.96. The molecule has 0 aliphatic heterocycles. The van der Waals surface area contributed by atoms with E-state index in [1.807, 2.05) is 37.3 Å². The lowest BCUT2D eigenvalue weighted by Crippen LogP contribution is -2.13. The number of carbonyl (C=O) groups excluding carboxylic acids is 1. The predicted molar refractivity (Wildman–Crippen MR) is 103 cm³/mol. The van der Waals surface area contributed by atoms with Crippen molar-refractivity contribution in [3.8, 4) is 11.5 Å². The molecular weight excluding hydrogens is 330 g/mol. The fourth-order valence-electron chi connectivity index (χ4n) is 2.46. The summed E-state index contributed by atoms with van der Waals surface area (Å²) in [7, 11) is 1.60. The molecule has 0 bridgehead atoms. The van der Waals surface area contributed by atoms with Gasteiger partial charge < -0.3 is 19.5 Å². The Morgan fingerprint density at radius 3 is 2.69 bits per heavy atom. The van der Waals surface area contributed by atoms with Crippen LogP contribution in [0.3, 0.4) is 0 Å². The third kappa shape index (κ3) is 5.77. The van der Waals surface area contributed by atoms with Crippen molar-refractivity contribution in [3.63, 3.8) is 0 Å². The largest absolute Gasteiger partial charge is 0.497 e. The van der Waals surface area contributed by atoms with Gasteiger partial charge >= 0.3 is 0 Å². The van der Waals surface area contributed by atoms with Crippen LogP contribution in [0.15, 0.2) is 42.5 Å². The Hall–Kier alpha value is -2.53. The van der Waals surface area contributed by atoms with Gasteiger partial charge in [0.2, 0.25) is 0 Å². The van der Waals surface area contributed by atoms with Gasteiger partial charge in [0.1, 0.15) is 11.5 Å². The van der Waals surface area contributed by atoms with Crippen LogP contribution in [0.2, 0.25) is 0 Å². The van der Waals surface area contributed by atoms with Gasteiger partial charge in [0, 0.05) is 29.5 Å². The molecule has 0 aliphatic rings. The Labute approximate surface area is 155 Å². The van der Waals surface area contributed by atoms with Gasteiger partial charge in [0.25, 0.3) is 5.91 Å². The van der Waals surface area contributed by atoms with E-state index in [0.29, 0.717) is 36.8 Å². The highest BCUT2D eigenvalue weighted by Crippen LogP contribution is 2.23. The predicted octanol–water partition coefficient (Wildman–Crippen LogP) is 4.66. The summed E-state index contributed by atoms with van der Waals surface area (Å²) in [6.45, 7) is 5.75. The van der Waals surface area contributed by atoms with Crippen LogP contribution in [-0.4, -0.2) is 26.2 Å². The van der Waals surface area contributed by atoms with Crippen LogP contribution in [0, 0.1) is 0 Å². The maximum atomic E-state index is 12.6. The minimum absolute atomic E-state index is 0.184. The lowest BCUT2D eigenvalue weighted by atomic mass is 10.1. The van der Waals surface area contributed by atoms with E-state index in [2.05, 4.69) is 12.2 Å². The maximum absolute atomic E-state index is 12.6. The number of hydrogen-bond acceptors (Lipinski definition) is 4. The molecule has 2 aromatic rings. The van der Waals surface area contributed by atoms with Crippen LogP contribution in [0.1, 0.15) is 42.6 Å². The first-order chi connectivity index (χ1) is 12.7. The molecule has 0 saturated heterocycles. The van der Waals surface area contributed by atoms with Crippen molar-refractivity contribution >= 4 is 11.6 Å². The highest BCUT2D eigenvalue weighted by Gasteiger charge is 2.11. The van der Waals surface area contributed by atoms with Crippen LogP contribution >= 0.6 is 0 Å². The summed E-state index contributed by atoms with van der Waals surface area (Å²) in [4.78, 5) is 12.6. The van der Waals surface area contributed by atoms with Gasteiger partial charge in [-0.3, -0.25) is 4.79 Å². The molecule has 2 rings (SSSR count). The zero-order chi connectivity index (χ0) is 18.8. The van der Waals surface area contributed by atoms with E-state index in [9.17, 15) is 4.79 Å². The standard InChI is InChI=1S/C21H27NO4/c1-4-6-12-25-15-17-13-16(10-11-20(17)26-5-2)21(23)22-18-8-7-9-19(14-18)24-3/h7-11,13-14H,4-6,12,15H2,1-3H3,(H,22,23). The number of anilines is 1. The van der Waals surface area contributed by atoms with Crippen LogP contribution < -0.4 is 14.8 Å². The summed E-state index contributed by atoms with van der Waals surface area (Å²) in [5.74, 6) is 1.26. The van der Waals surface area contributed by atoms with Crippen molar-refractivity contribution in [2.45, 2.75) is 33.3 Å². The molecule has 0 atom stereocenters. The molecule has 2 aromatic carbocycles. The smallest absolute Gasteiger partial charge is 0.255 e. The van der Waals surface area contributed by atoms with Gasteiger partial charge in [-0.15, -0.1) is 0 Å². The van der Waals surface area contributed by atoms with Crippen LogP contribution in [0.4, 0.5) is 5.69 Å². The molecule has 5 heteroatoms. The van der Waals surface area contributed by atoms with Gasteiger partial charge in [-0.25, -0.2) is 0 Å². The highest BCUT2D eigenvalue weighted by atomic mass is 16.5. The van der Waals surface area contributed by atoms with Crippen LogP contribution in [-0.2, 0) is 11.3 Å². The van der Waals surface area contributed by atoms with Crippen LogP contribution in [0.25, 0.3) is 0 Å². The molecule has 0 heterocycles. The molecule has 1 amide bonds. The molecule has 0 aromatic heterocycles. The van der Waals surface area contributed by atoms with E-state index < -0.39 is 0 Å². The normalized spacial score (nSPS) is 10.4. The second-order valence-corrected chi connectivity index (χ2v) is 5.85. The molecular formula is C21H27NO4. The molecule has 1 N–H and O–H groups in total. The fourth-order valence-corrected chi connectivity index (χ4v) is 2.46. The van der Waals surface area contributed by atoms with Crippen molar-refractivity contribution in [1.82, 2.24) is 0 Å². The SMILES string of the molecule is CCCCOCc1cc(C(=O)Nc2cccc(OC)c2)ccc1OCC. The van der Waals surface area contributed by atoms with Gasteiger partial charge in [0.15, 0.2) is 0 Å². The topological polar surface area (TPSA) is 56.8 Å². The lowest BCUT2D eigenvalue weighted by Gasteiger charge is -2.13. The first kappa shape index (κ1) is 19.8. The Morgan fingerprint density at radius 1 is 1.12 bits per heavy atom. The number of unbranched alkanes of at least 4 members (excludes halogenated alkanes) is 1. The monoisotopic (exact) mass is 357 g/mol. The van der Waals surface area contributed by atoms with E-state index >= 15 is 0 Å². The molecule has 0 spiro atoms. The molecule has 5 nitrogen and oxygen atoms in total. The van der Waals surface area contributed by atoms with Gasteiger partial charge in [-0.2, -0.15) is 0 Å². The summed E-state index contributed by atoms with van der Waals surface area (Å²) in [6.07, 6.45) is 2.10. The number of methoxy groups -OCH3 is 1. The summed E-state index contributed by atoms with van der Waals surface area (Å²) < 4.78 is 16.5. The Morgan fingerprint density at radius 2 is 1.96 bits per heavy atom. The van der Waals surface area contributed by atoms with Gasteiger partial charge in [-0.05, 0) is 43.7 Å². The Bertz CT molecular complexity index is 715. The molecule has 140 valence electrons. The van der Waals surface area contributed by atoms with E-state index in [-0.39, 0.29) is 5.91 Å². The summed E-state index contributed by atoms with van der Waals surface area (Å²) in [6, 6.07) is 12.7. The van der Waals surface area contributed by atoms with Crippen molar-refractivity contribution in [3.05, 3.63) is 53.6 Å². The van der Waals surface area contributed by atoms with Gasteiger partial charge in [-0.1, -0.05) is 19.4 Å². The summed E-state index contributed by atoms with van der Waals surface area (Å²) in [5.41, 5.74) is 2.12. The van der Waals surface area contributed by atoms with Crippen LogP contribution in [0.5, 0.6) is 11.5 Å². The fraction of sp³-hybridized carbons (Fsp3) is 0.381. The number of nitrogens with one attached hydrogen (secondary N) is 1. The Balaban J connectivity index is 2.12. The van der Waals surface area contributed by atoms with E-state index in [1.165, 1.54) is 0 Å². The second kappa shape index (κ2) is 10.5. The third-order valence-corrected chi connectivity index (χ3v) is 3.85. The lowest BCUT2D eigenvalue weighted by molar-refractivity contribution is 0.102. The number of rotatable bonds is 10. The van der Waals surface area contributed by atoms with E-state index in [1.54, 1.807) is 19.2 Å². The molecule has 0 saturated carbocycles. The van der Waals surface area contributed by atoms with Crippen molar-refractivity contribution < 1.29 is 19.0 Å². The van der Waals surface area contributed by atoms with Crippen molar-refractivity contribution in [1.29, 1.82) is 0 Å². The minimum atomic E-state index is -0.184.